The third-order valence-corrected chi connectivity index (χ3v) is 5.29. The summed E-state index contributed by atoms with van der Waals surface area (Å²) in [5.74, 6) is 0.831. The topological polar surface area (TPSA) is 38.7 Å². The van der Waals surface area contributed by atoms with Gasteiger partial charge >= 0.3 is 0 Å². The number of aliphatic hydroxyl groups is 1. The summed E-state index contributed by atoms with van der Waals surface area (Å²) in [4.78, 5) is 4.99. The van der Waals surface area contributed by atoms with Gasteiger partial charge in [0.1, 0.15) is 0 Å². The highest BCUT2D eigenvalue weighted by molar-refractivity contribution is 4.99. The van der Waals surface area contributed by atoms with E-state index in [9.17, 15) is 5.11 Å². The standard InChI is InChI=1S/C16H33N3O/c1-4-8-17-16(13-20)7-5-15(10-16)19(3)12-14-6-9-18(2)11-14/h14-15,17,20H,4-13H2,1-3H3. The highest BCUT2D eigenvalue weighted by atomic mass is 16.3. The van der Waals surface area contributed by atoms with Crippen LogP contribution in [0.2, 0.25) is 0 Å². The highest BCUT2D eigenvalue weighted by Crippen LogP contribution is 2.33. The van der Waals surface area contributed by atoms with Gasteiger partial charge in [-0.15, -0.1) is 0 Å². The molecule has 1 aliphatic heterocycles. The van der Waals surface area contributed by atoms with Crippen molar-refractivity contribution in [2.45, 2.75) is 50.6 Å². The molecule has 0 bridgehead atoms. The second-order valence-corrected chi connectivity index (χ2v) is 7.12. The Hall–Kier alpha value is -0.160. The summed E-state index contributed by atoms with van der Waals surface area (Å²) >= 11 is 0. The van der Waals surface area contributed by atoms with E-state index in [1.807, 2.05) is 0 Å². The van der Waals surface area contributed by atoms with Crippen molar-refractivity contribution in [1.82, 2.24) is 15.1 Å². The van der Waals surface area contributed by atoms with Gasteiger partial charge in [0.25, 0.3) is 0 Å². The maximum absolute atomic E-state index is 9.77. The van der Waals surface area contributed by atoms with Crippen molar-refractivity contribution in [1.29, 1.82) is 0 Å². The Morgan fingerprint density at radius 1 is 1.40 bits per heavy atom. The van der Waals surface area contributed by atoms with E-state index in [4.69, 9.17) is 0 Å². The lowest BCUT2D eigenvalue weighted by atomic mass is 9.98. The quantitative estimate of drug-likeness (QED) is 0.735. The van der Waals surface area contributed by atoms with E-state index < -0.39 is 0 Å². The van der Waals surface area contributed by atoms with Crippen LogP contribution in [-0.4, -0.2) is 73.4 Å². The van der Waals surface area contributed by atoms with Gasteiger partial charge in [0.05, 0.1) is 6.61 Å². The molecule has 2 rings (SSSR count). The van der Waals surface area contributed by atoms with Crippen molar-refractivity contribution in [3.05, 3.63) is 0 Å². The van der Waals surface area contributed by atoms with Gasteiger partial charge in [-0.25, -0.2) is 0 Å². The van der Waals surface area contributed by atoms with Crippen LogP contribution in [0.1, 0.15) is 39.0 Å². The van der Waals surface area contributed by atoms with Crippen LogP contribution in [0.5, 0.6) is 0 Å². The molecular weight excluding hydrogens is 250 g/mol. The van der Waals surface area contributed by atoms with Crippen LogP contribution in [0.15, 0.2) is 0 Å². The van der Waals surface area contributed by atoms with E-state index in [-0.39, 0.29) is 12.1 Å². The lowest BCUT2D eigenvalue weighted by Gasteiger charge is -2.31. The third-order valence-electron chi connectivity index (χ3n) is 5.29. The summed E-state index contributed by atoms with van der Waals surface area (Å²) in [6.45, 7) is 7.20. The van der Waals surface area contributed by atoms with E-state index in [1.54, 1.807) is 0 Å². The van der Waals surface area contributed by atoms with Gasteiger partial charge in [-0.1, -0.05) is 6.92 Å². The van der Waals surface area contributed by atoms with E-state index >= 15 is 0 Å². The molecule has 0 aromatic carbocycles. The molecule has 20 heavy (non-hydrogen) atoms. The molecule has 1 heterocycles. The zero-order chi connectivity index (χ0) is 14.6. The molecular formula is C16H33N3O. The van der Waals surface area contributed by atoms with Crippen LogP contribution in [-0.2, 0) is 0 Å². The van der Waals surface area contributed by atoms with Crippen LogP contribution < -0.4 is 5.32 Å². The van der Waals surface area contributed by atoms with Crippen molar-refractivity contribution in [2.75, 3.05) is 46.9 Å². The van der Waals surface area contributed by atoms with Crippen LogP contribution in [0.25, 0.3) is 0 Å². The minimum Gasteiger partial charge on any atom is -0.394 e. The zero-order valence-corrected chi connectivity index (χ0v) is 13.6. The Kier molecular flexibility index (Phi) is 5.84. The number of hydrogen-bond donors (Lipinski definition) is 2. The second-order valence-electron chi connectivity index (χ2n) is 7.12. The van der Waals surface area contributed by atoms with Crippen molar-refractivity contribution in [3.63, 3.8) is 0 Å². The van der Waals surface area contributed by atoms with Crippen molar-refractivity contribution < 1.29 is 5.11 Å². The molecule has 1 saturated carbocycles. The van der Waals surface area contributed by atoms with E-state index in [0.29, 0.717) is 6.04 Å². The van der Waals surface area contributed by atoms with E-state index in [0.717, 1.165) is 31.7 Å². The van der Waals surface area contributed by atoms with Gasteiger partial charge in [0, 0.05) is 24.7 Å². The summed E-state index contributed by atoms with van der Waals surface area (Å²) < 4.78 is 0. The first-order valence-electron chi connectivity index (χ1n) is 8.33. The van der Waals surface area contributed by atoms with Crippen LogP contribution in [0, 0.1) is 5.92 Å². The number of likely N-dealkylation sites (tertiary alicyclic amines) is 1. The fraction of sp³-hybridized carbons (Fsp3) is 1.00. The zero-order valence-electron chi connectivity index (χ0n) is 13.6. The fourth-order valence-electron chi connectivity index (χ4n) is 3.96. The lowest BCUT2D eigenvalue weighted by Crippen LogP contribution is -2.48. The van der Waals surface area contributed by atoms with Gasteiger partial charge in [-0.05, 0) is 65.2 Å². The average Bonchev–Trinajstić information content (AvgIpc) is 3.04. The summed E-state index contributed by atoms with van der Waals surface area (Å²) in [5, 5.41) is 13.4. The first-order chi connectivity index (χ1) is 9.58. The normalized spacial score (nSPS) is 35.2. The third kappa shape index (κ3) is 3.94. The lowest BCUT2D eigenvalue weighted by molar-refractivity contribution is 0.145. The molecule has 0 aromatic heterocycles. The number of aliphatic hydroxyl groups excluding tert-OH is 1. The minimum atomic E-state index is -0.0125. The summed E-state index contributed by atoms with van der Waals surface area (Å²) in [6.07, 6.45) is 5.91. The molecule has 4 heteroatoms. The Labute approximate surface area is 124 Å². The molecule has 0 radical (unpaired) electrons. The average molecular weight is 283 g/mol. The molecule has 2 N–H and O–H groups in total. The maximum atomic E-state index is 9.77. The molecule has 4 nitrogen and oxygen atoms in total. The van der Waals surface area contributed by atoms with Crippen LogP contribution in [0.4, 0.5) is 0 Å². The summed E-state index contributed by atoms with van der Waals surface area (Å²) in [7, 11) is 4.50. The molecule has 118 valence electrons. The number of rotatable bonds is 7. The Morgan fingerprint density at radius 2 is 2.20 bits per heavy atom. The Morgan fingerprint density at radius 3 is 2.80 bits per heavy atom. The van der Waals surface area contributed by atoms with Crippen molar-refractivity contribution in [2.24, 2.45) is 5.92 Å². The molecule has 1 aliphatic carbocycles. The number of nitrogens with zero attached hydrogens (tertiary/aromatic N) is 2. The molecule has 0 amide bonds. The second kappa shape index (κ2) is 7.21. The van der Waals surface area contributed by atoms with Gasteiger partial charge < -0.3 is 20.2 Å². The predicted molar refractivity (Wildman–Crippen MR) is 84.0 cm³/mol. The van der Waals surface area contributed by atoms with Crippen LogP contribution >= 0.6 is 0 Å². The van der Waals surface area contributed by atoms with E-state index in [2.05, 4.69) is 36.1 Å². The largest absolute Gasteiger partial charge is 0.394 e. The van der Waals surface area contributed by atoms with Crippen LogP contribution in [0.3, 0.4) is 0 Å². The Bertz CT molecular complexity index is 299. The molecule has 3 unspecified atom stereocenters. The van der Waals surface area contributed by atoms with Crippen molar-refractivity contribution in [3.8, 4) is 0 Å². The predicted octanol–water partition coefficient (Wildman–Crippen LogP) is 1.15. The summed E-state index contributed by atoms with van der Waals surface area (Å²) in [5.41, 5.74) is -0.0125. The first-order valence-corrected chi connectivity index (χ1v) is 8.33. The van der Waals surface area contributed by atoms with Gasteiger partial charge in [0.15, 0.2) is 0 Å². The molecule has 2 fully saturated rings. The number of nitrogens with one attached hydrogen (secondary N) is 1. The molecule has 1 saturated heterocycles. The Balaban J connectivity index is 1.81. The molecule has 2 aliphatic rings. The smallest absolute Gasteiger partial charge is 0.0613 e. The monoisotopic (exact) mass is 283 g/mol. The highest BCUT2D eigenvalue weighted by Gasteiger charge is 2.40. The van der Waals surface area contributed by atoms with Crippen molar-refractivity contribution >= 4 is 0 Å². The minimum absolute atomic E-state index is 0.0125. The van der Waals surface area contributed by atoms with Gasteiger partial charge in [0.2, 0.25) is 0 Å². The number of hydrogen-bond acceptors (Lipinski definition) is 4. The maximum Gasteiger partial charge on any atom is 0.0613 e. The van der Waals surface area contributed by atoms with E-state index in [1.165, 1.54) is 32.5 Å². The van der Waals surface area contributed by atoms with Gasteiger partial charge in [-0.2, -0.15) is 0 Å². The first kappa shape index (κ1) is 16.2. The molecule has 0 spiro atoms. The SMILES string of the molecule is CCCNC1(CO)CCC(N(C)CC2CCN(C)C2)C1. The fourth-order valence-corrected chi connectivity index (χ4v) is 3.96. The summed E-state index contributed by atoms with van der Waals surface area (Å²) in [6, 6.07) is 0.636. The molecule has 0 aromatic rings. The molecule has 3 atom stereocenters. The van der Waals surface area contributed by atoms with Gasteiger partial charge in [-0.3, -0.25) is 0 Å².